The van der Waals surface area contributed by atoms with Crippen LogP contribution in [0.4, 0.5) is 0 Å². The van der Waals surface area contributed by atoms with Gasteiger partial charge in [0.25, 0.3) is 0 Å². The van der Waals surface area contributed by atoms with E-state index in [4.69, 9.17) is 133 Å². The number of hydrogen-bond donors (Lipinski definition) is 0. The Balaban J connectivity index is -0.00000111. The van der Waals surface area contributed by atoms with Gasteiger partial charge in [-0.3, -0.25) is 23.7 Å². The zero-order chi connectivity index (χ0) is 90.8. The molecular formula is C73H170N2O32Rf2Si12-2. The van der Waals surface area contributed by atoms with E-state index in [1.54, 1.807) is 223 Å². The quantitative estimate of drug-likeness (QED) is 0.0310. The van der Waals surface area contributed by atoms with Crippen molar-refractivity contribution in [2.45, 2.75) is 218 Å². The van der Waals surface area contributed by atoms with Gasteiger partial charge in [-0.25, -0.2) is 0 Å². The first kappa shape index (κ1) is 126. The van der Waals surface area contributed by atoms with Crippen molar-refractivity contribution < 1.29 is 142 Å². The summed E-state index contributed by atoms with van der Waals surface area (Å²) in [5.74, 6) is -0.488. The molecule has 0 bridgehead atoms. The number of amides is 2. The van der Waals surface area contributed by atoms with Gasteiger partial charge in [0.1, 0.15) is 0 Å². The maximum Gasteiger partial charge on any atom is 0.500 e. The predicted octanol–water partition coefficient (Wildman–Crippen LogP) is 12.8. The molecule has 0 fully saturated rings. The van der Waals surface area contributed by atoms with Crippen LogP contribution in [0.15, 0.2) is 0 Å². The molecule has 0 aliphatic heterocycles. The van der Waals surface area contributed by atoms with Crippen LogP contribution < -0.4 is 0 Å². The monoisotopic (exact) mass is 2460 g/mol. The molecule has 121 heavy (non-hydrogen) atoms. The fraction of sp³-hybridized carbons (Fsp3) is 0.945. The van der Waals surface area contributed by atoms with Crippen LogP contribution in [0.5, 0.6) is 0 Å². The second kappa shape index (κ2) is 67.5. The summed E-state index contributed by atoms with van der Waals surface area (Å²) < 4.78 is 173. The average Bonchev–Trinajstić information content (AvgIpc) is 0.843. The van der Waals surface area contributed by atoms with Gasteiger partial charge in [-0.2, -0.15) is 0 Å². The van der Waals surface area contributed by atoms with Crippen LogP contribution in [0.2, 0.25) is 109 Å². The predicted molar refractivity (Wildman–Crippen MR) is 485 cm³/mol. The molecule has 718 valence electrons. The minimum atomic E-state index is -2.81. The van der Waals surface area contributed by atoms with Crippen molar-refractivity contribution in [1.82, 2.24) is 9.80 Å². The van der Waals surface area contributed by atoms with Gasteiger partial charge in [0, 0.05) is 286 Å². The van der Waals surface area contributed by atoms with E-state index in [0.717, 1.165) is 124 Å². The molecule has 2 amide bonds. The van der Waals surface area contributed by atoms with Crippen molar-refractivity contribution >= 4 is 116 Å². The summed E-state index contributed by atoms with van der Waals surface area (Å²) in [4.78, 5) is 31.7. The fourth-order valence-corrected chi connectivity index (χ4v) is 46.3. The molecule has 48 heteroatoms. The summed E-state index contributed by atoms with van der Waals surface area (Å²) >= 11 is 0. The largest absolute Gasteiger partial charge is 0.500 e. The summed E-state index contributed by atoms with van der Waals surface area (Å²) in [6.45, 7) is 1.07. The van der Waals surface area contributed by atoms with E-state index < -0.39 is 104 Å². The van der Waals surface area contributed by atoms with Gasteiger partial charge in [0.15, 0.2) is 11.8 Å². The second-order valence-corrected chi connectivity index (χ2v) is 70.7. The average molecular weight is 2460 g/mol. The first-order valence-electron chi connectivity index (χ1n) is 41.6. The van der Waals surface area contributed by atoms with Crippen molar-refractivity contribution in [1.29, 1.82) is 0 Å². The molecule has 0 atom stereocenters. The molecule has 0 aliphatic rings. The maximum atomic E-state index is 14.3. The number of hydrogen-bond acceptors (Lipinski definition) is 32. The van der Waals surface area contributed by atoms with Gasteiger partial charge in [0.05, 0.1) is 16.1 Å². The van der Waals surface area contributed by atoms with Crippen LogP contribution >= 0.6 is 0 Å². The molecule has 0 saturated carbocycles. The minimum Gasteiger partial charge on any atom is -0.495 e. The molecule has 0 aromatic carbocycles. The second-order valence-electron chi connectivity index (χ2n) is 29.8. The maximum absolute atomic E-state index is 14.3. The van der Waals surface area contributed by atoms with Crippen molar-refractivity contribution in [2.75, 3.05) is 226 Å². The number of carbonyl (C=O) groups excluding carboxylic acids is 2. The van der Waals surface area contributed by atoms with Gasteiger partial charge < -0.3 is 143 Å². The molecule has 0 rings (SSSR count). The third-order valence-corrected chi connectivity index (χ3v) is 64.1. The Labute approximate surface area is 734 Å². The van der Waals surface area contributed by atoms with Crippen molar-refractivity contribution in [3.8, 4) is 0 Å². The fourth-order valence-electron chi connectivity index (χ4n) is 16.4. The molecule has 0 N–H and O–H groups in total. The first-order valence-corrected chi connectivity index (χ1v) is 66.5. The summed E-state index contributed by atoms with van der Waals surface area (Å²) in [7, 11) is 25.6. The van der Waals surface area contributed by atoms with Gasteiger partial charge >= 0.3 is 88.0 Å². The Hall–Kier alpha value is -1.66. The Morgan fingerprint density at radius 1 is 0.190 bits per heavy atom. The molecule has 34 nitrogen and oxygen atoms in total. The Kier molecular flexibility index (Phi) is 70.1. The molecule has 0 heterocycles. The van der Waals surface area contributed by atoms with Crippen LogP contribution in [0.3, 0.4) is 0 Å². The Morgan fingerprint density at radius 2 is 0.314 bits per heavy atom. The zero-order valence-corrected chi connectivity index (χ0v) is 106. The third kappa shape index (κ3) is 42.0. The molecule has 0 unspecified atom stereocenters. The number of unbranched alkanes of at least 4 members (excludes halogenated alkanes) is 1. The number of nitrogens with zero attached hydrogens (tertiary/aromatic N) is 2. The van der Waals surface area contributed by atoms with Crippen LogP contribution in [-0.2, 0) is 142 Å². The topological polar surface area (TPSA) is 318 Å². The van der Waals surface area contributed by atoms with Crippen molar-refractivity contribution in [2.24, 2.45) is 11.8 Å². The van der Waals surface area contributed by atoms with Crippen LogP contribution in [0, 0.1) is 25.9 Å². The van der Waals surface area contributed by atoms with E-state index in [2.05, 4.69) is 14.1 Å². The summed E-state index contributed by atoms with van der Waals surface area (Å²) in [6, 6.07) is 14.9. The minimum absolute atomic E-state index is 0. The Morgan fingerprint density at radius 3 is 0.463 bits per heavy atom. The van der Waals surface area contributed by atoms with Gasteiger partial charge in [-0.1, -0.05) is 93.3 Å². The molecule has 0 spiro atoms. The van der Waals surface area contributed by atoms with Crippen LogP contribution in [0.25, 0.3) is 0 Å². The summed E-state index contributed by atoms with van der Waals surface area (Å²) in [6.07, 6.45) is 13.3. The van der Waals surface area contributed by atoms with E-state index in [-0.39, 0.29) is 23.7 Å². The van der Waals surface area contributed by atoms with Gasteiger partial charge in [-0.15, -0.1) is 0 Å². The number of carbonyl (C=O) groups is 2. The van der Waals surface area contributed by atoms with Crippen molar-refractivity contribution in [3.05, 3.63) is 14.1 Å². The summed E-state index contributed by atoms with van der Waals surface area (Å²) in [5.41, 5.74) is 0. The van der Waals surface area contributed by atoms with Crippen LogP contribution in [-0.4, -0.2) is 352 Å². The zero-order valence-electron chi connectivity index (χ0n) is 81.1. The summed E-state index contributed by atoms with van der Waals surface area (Å²) in [5, 5.41) is 0. The van der Waals surface area contributed by atoms with E-state index in [1.807, 2.05) is 0 Å². The molecule has 0 aromatic rings. The SMILES string of the molecule is [CH2-]N(CCCC[Si](CCC[Si](OC)(OC)OC)(CCC[Si](OC)(OC)OC)CCC[Si](OC)(OC)OC)C(=O)C(CCC[Si](OC)(OC)OC)CCC[Si](OC)(OC)OC.[CH2-]N(CCC[Si](CCC[Si](OC)(OC)OC)(CCC[Si](OC)(OC)OC)CCC[Si](OC)(OC)OC)C(=O)C(CCC[Si](OC)(OC)OC)CCC[Si](OC)(OC)OC.[Rf].[Rf]. The van der Waals surface area contributed by atoms with E-state index in [0.29, 0.717) is 107 Å². The smallest absolute Gasteiger partial charge is 0.495 e. The van der Waals surface area contributed by atoms with Gasteiger partial charge in [0.2, 0.25) is 0 Å². The van der Waals surface area contributed by atoms with E-state index >= 15 is 0 Å². The molecule has 0 aromatic heterocycles. The van der Waals surface area contributed by atoms with E-state index in [1.165, 1.54) is 0 Å². The molecule has 0 saturated heterocycles. The Bertz CT molecular complexity index is 2240. The molecule has 0 radical (unpaired) electrons. The van der Waals surface area contributed by atoms with Crippen molar-refractivity contribution in [3.63, 3.8) is 0 Å². The van der Waals surface area contributed by atoms with Crippen LogP contribution in [0.1, 0.15) is 109 Å². The van der Waals surface area contributed by atoms with E-state index in [9.17, 15) is 9.59 Å². The van der Waals surface area contributed by atoms with Gasteiger partial charge in [-0.05, 0) is 77.3 Å². The molecule has 0 aliphatic carbocycles. The third-order valence-electron chi connectivity index (χ3n) is 24.5. The standard InChI is InChI=1S/C37H86NO16Si6.C36H84NO16Si6.2Rf/c1-38(37(39)36(24-19-31-56(40-2,41-3)42-4)25-20-32-57(43-5,44-6)45-7)26-17-18-27-55(28-21-33-58(46-8,47-9)48-10,29-22-34-59(49-11,50-12)51-13)30-23-35-60(52-14,53-15)54-16;1-37(36(38)35(23-17-30-55(39-2,40-3)41-4)24-18-31-56(42-5,43-6)44-7)25-19-26-54(27-20-32-57(45-8,46-9)47-10,28-21-33-58(48-11,49-12)50-13)29-22-34-59(51-14,52-15)53-16;;/h36H,1,17-35H2,2-16H3;35H,1,17-34H2,2-16H3;;/q2*-1;;. The molecular weight excluding hydrogens is 2290 g/mol. The normalized spacial score (nSPS) is 13.3. The number of rotatable bonds is 81. The first-order chi connectivity index (χ1) is 56.8.